The van der Waals surface area contributed by atoms with Gasteiger partial charge in [0.15, 0.2) is 0 Å². The molecular formula is C26H26ClNO4. The molecule has 0 saturated carbocycles. The number of benzene rings is 3. The Bertz CT molecular complexity index is 1100. The van der Waals surface area contributed by atoms with Gasteiger partial charge in [0.05, 0.1) is 6.42 Å². The Hall–Kier alpha value is -3.31. The van der Waals surface area contributed by atoms with Gasteiger partial charge in [-0.3, -0.25) is 4.79 Å². The third-order valence-corrected chi connectivity index (χ3v) is 5.47. The summed E-state index contributed by atoms with van der Waals surface area (Å²) in [5.41, 5.74) is 5.16. The number of hydrogen-bond donors (Lipinski definition) is 1. The highest BCUT2D eigenvalue weighted by molar-refractivity contribution is 6.33. The highest BCUT2D eigenvalue weighted by Crippen LogP contribution is 2.33. The molecule has 0 aliphatic heterocycles. The largest absolute Gasteiger partial charge is 0.481 e. The van der Waals surface area contributed by atoms with Crippen molar-refractivity contribution < 1.29 is 19.4 Å². The van der Waals surface area contributed by atoms with Gasteiger partial charge in [-0.15, -0.1) is 0 Å². The fourth-order valence-corrected chi connectivity index (χ4v) is 3.72. The summed E-state index contributed by atoms with van der Waals surface area (Å²) in [6.07, 6.45) is -0.479. The summed E-state index contributed by atoms with van der Waals surface area (Å²) >= 11 is 6.48. The summed E-state index contributed by atoms with van der Waals surface area (Å²) in [6.45, 7) is 4.92. The third kappa shape index (κ3) is 6.11. The van der Waals surface area contributed by atoms with E-state index in [2.05, 4.69) is 0 Å². The lowest BCUT2D eigenvalue weighted by molar-refractivity contribution is -0.136. The van der Waals surface area contributed by atoms with Crippen molar-refractivity contribution in [2.75, 3.05) is 6.54 Å². The normalized spacial score (nSPS) is 10.6. The second-order valence-corrected chi connectivity index (χ2v) is 8.01. The van der Waals surface area contributed by atoms with Crippen LogP contribution in [0, 0.1) is 6.92 Å². The van der Waals surface area contributed by atoms with Crippen LogP contribution in [0.4, 0.5) is 4.79 Å². The van der Waals surface area contributed by atoms with E-state index in [0.717, 1.165) is 27.8 Å². The first-order valence-electron chi connectivity index (χ1n) is 10.4. The number of carboxylic acid groups (broad SMARTS) is 1. The summed E-state index contributed by atoms with van der Waals surface area (Å²) < 4.78 is 5.51. The zero-order valence-electron chi connectivity index (χ0n) is 18.2. The van der Waals surface area contributed by atoms with E-state index in [0.29, 0.717) is 23.7 Å². The minimum Gasteiger partial charge on any atom is -0.481 e. The molecule has 0 aliphatic rings. The maximum absolute atomic E-state index is 12.7. The first-order valence-corrected chi connectivity index (χ1v) is 10.8. The molecule has 0 unspecified atom stereocenters. The molecule has 0 fully saturated rings. The molecular weight excluding hydrogens is 426 g/mol. The van der Waals surface area contributed by atoms with E-state index in [1.807, 2.05) is 62.4 Å². The van der Waals surface area contributed by atoms with Gasteiger partial charge in [-0.1, -0.05) is 71.8 Å². The Balaban J connectivity index is 1.85. The number of carbonyl (C=O) groups excluding carboxylic acids is 1. The fraction of sp³-hybridized carbons (Fsp3) is 0.231. The van der Waals surface area contributed by atoms with E-state index in [-0.39, 0.29) is 13.0 Å². The average molecular weight is 452 g/mol. The highest BCUT2D eigenvalue weighted by atomic mass is 35.5. The van der Waals surface area contributed by atoms with E-state index in [9.17, 15) is 9.59 Å². The number of hydrogen-bond acceptors (Lipinski definition) is 3. The van der Waals surface area contributed by atoms with Crippen LogP contribution in [0.5, 0.6) is 0 Å². The summed E-state index contributed by atoms with van der Waals surface area (Å²) in [5, 5.41) is 9.67. The summed E-state index contributed by atoms with van der Waals surface area (Å²) in [6, 6.07) is 20.7. The van der Waals surface area contributed by atoms with Gasteiger partial charge < -0.3 is 14.7 Å². The van der Waals surface area contributed by atoms with Crippen LogP contribution in [0.1, 0.15) is 29.2 Å². The predicted octanol–water partition coefficient (Wildman–Crippen LogP) is 6.10. The Morgan fingerprint density at radius 3 is 2.41 bits per heavy atom. The molecule has 0 heterocycles. The Labute approximate surface area is 193 Å². The monoisotopic (exact) mass is 451 g/mol. The van der Waals surface area contributed by atoms with Crippen molar-refractivity contribution in [3.63, 3.8) is 0 Å². The van der Waals surface area contributed by atoms with Gasteiger partial charge in [-0.25, -0.2) is 4.79 Å². The molecule has 0 aliphatic carbocycles. The third-order valence-electron chi connectivity index (χ3n) is 5.14. The molecule has 0 bridgehead atoms. The molecule has 3 aromatic rings. The van der Waals surface area contributed by atoms with Crippen molar-refractivity contribution in [1.29, 1.82) is 0 Å². The van der Waals surface area contributed by atoms with Crippen molar-refractivity contribution in [2.45, 2.75) is 33.4 Å². The number of aliphatic carboxylic acids is 1. The van der Waals surface area contributed by atoms with Crippen molar-refractivity contribution in [1.82, 2.24) is 4.90 Å². The SMILES string of the molecule is CCN(Cc1cc(C)ccc1-c1cc(CC(=O)O)ccc1Cl)C(=O)OCc1ccccc1. The van der Waals surface area contributed by atoms with Gasteiger partial charge >= 0.3 is 12.1 Å². The molecule has 0 aromatic heterocycles. The minimum atomic E-state index is -0.902. The lowest BCUT2D eigenvalue weighted by Crippen LogP contribution is -2.31. The van der Waals surface area contributed by atoms with Crippen LogP contribution >= 0.6 is 11.6 Å². The maximum atomic E-state index is 12.7. The molecule has 32 heavy (non-hydrogen) atoms. The number of carbonyl (C=O) groups is 2. The van der Waals surface area contributed by atoms with Crippen molar-refractivity contribution in [3.05, 3.63) is 94.0 Å². The Morgan fingerprint density at radius 2 is 1.72 bits per heavy atom. The first kappa shape index (κ1) is 23.4. The van der Waals surface area contributed by atoms with E-state index in [1.54, 1.807) is 23.1 Å². The average Bonchev–Trinajstić information content (AvgIpc) is 2.78. The smallest absolute Gasteiger partial charge is 0.410 e. The minimum absolute atomic E-state index is 0.0851. The molecule has 0 spiro atoms. The molecule has 166 valence electrons. The topological polar surface area (TPSA) is 66.8 Å². The summed E-state index contributed by atoms with van der Waals surface area (Å²) in [5.74, 6) is -0.902. The molecule has 1 N–H and O–H groups in total. The van der Waals surface area contributed by atoms with Gasteiger partial charge in [-0.2, -0.15) is 0 Å². The zero-order chi connectivity index (χ0) is 23.1. The number of halogens is 1. The van der Waals surface area contributed by atoms with Crippen molar-refractivity contribution in [2.24, 2.45) is 0 Å². The molecule has 3 rings (SSSR count). The molecule has 0 radical (unpaired) electrons. The second kappa shape index (κ2) is 10.8. The number of amides is 1. The van der Waals surface area contributed by atoms with Gasteiger partial charge in [0.25, 0.3) is 0 Å². The van der Waals surface area contributed by atoms with Crippen molar-refractivity contribution in [3.8, 4) is 11.1 Å². The molecule has 1 amide bonds. The quantitative estimate of drug-likeness (QED) is 0.449. The maximum Gasteiger partial charge on any atom is 0.410 e. The molecule has 0 atom stereocenters. The lowest BCUT2D eigenvalue weighted by Gasteiger charge is -2.23. The van der Waals surface area contributed by atoms with Gasteiger partial charge in [-0.05, 0) is 48.2 Å². The number of nitrogens with zero attached hydrogens (tertiary/aromatic N) is 1. The standard InChI is InChI=1S/C26H26ClNO4/c1-3-28(26(31)32-17-19-7-5-4-6-8-19)16-21-13-18(2)9-11-22(21)23-14-20(15-25(29)30)10-12-24(23)27/h4-14H,3,15-17H2,1-2H3,(H,29,30). The first-order chi connectivity index (χ1) is 15.4. The lowest BCUT2D eigenvalue weighted by atomic mass is 9.95. The Morgan fingerprint density at radius 1 is 0.969 bits per heavy atom. The fourth-order valence-electron chi connectivity index (χ4n) is 3.50. The van der Waals surface area contributed by atoms with Gasteiger partial charge in [0.2, 0.25) is 0 Å². The van der Waals surface area contributed by atoms with Gasteiger partial charge in [0.1, 0.15) is 6.61 Å². The number of rotatable bonds is 8. The van der Waals surface area contributed by atoms with Crippen LogP contribution < -0.4 is 0 Å². The van der Waals surface area contributed by atoms with E-state index in [4.69, 9.17) is 21.4 Å². The van der Waals surface area contributed by atoms with Crippen LogP contribution in [0.15, 0.2) is 66.7 Å². The zero-order valence-corrected chi connectivity index (χ0v) is 18.9. The number of carboxylic acids is 1. The molecule has 0 saturated heterocycles. The molecule has 3 aromatic carbocycles. The van der Waals surface area contributed by atoms with E-state index in [1.165, 1.54) is 0 Å². The van der Waals surface area contributed by atoms with Crippen LogP contribution in [0.2, 0.25) is 5.02 Å². The van der Waals surface area contributed by atoms with E-state index >= 15 is 0 Å². The Kier molecular flexibility index (Phi) is 7.90. The predicted molar refractivity (Wildman–Crippen MR) is 126 cm³/mol. The van der Waals surface area contributed by atoms with Crippen LogP contribution in [-0.2, 0) is 29.1 Å². The number of ether oxygens (including phenoxy) is 1. The van der Waals surface area contributed by atoms with Crippen LogP contribution in [0.3, 0.4) is 0 Å². The van der Waals surface area contributed by atoms with Crippen LogP contribution in [0.25, 0.3) is 11.1 Å². The highest BCUT2D eigenvalue weighted by Gasteiger charge is 2.18. The molecule has 5 nitrogen and oxygen atoms in total. The van der Waals surface area contributed by atoms with Crippen LogP contribution in [-0.4, -0.2) is 28.6 Å². The summed E-state index contributed by atoms with van der Waals surface area (Å²) in [4.78, 5) is 25.5. The van der Waals surface area contributed by atoms with Gasteiger partial charge in [0, 0.05) is 23.7 Å². The molecule has 6 heteroatoms. The summed E-state index contributed by atoms with van der Waals surface area (Å²) in [7, 11) is 0. The number of aryl methyl sites for hydroxylation is 1. The van der Waals surface area contributed by atoms with Crippen molar-refractivity contribution >= 4 is 23.7 Å². The van der Waals surface area contributed by atoms with E-state index < -0.39 is 12.1 Å². The second-order valence-electron chi connectivity index (χ2n) is 7.60.